The number of nitrogens with one attached hydrogen (secondary N) is 1. The van der Waals surface area contributed by atoms with Crippen LogP contribution < -0.4 is 10.5 Å². The summed E-state index contributed by atoms with van der Waals surface area (Å²) in [7, 11) is -1.73. The topological polar surface area (TPSA) is 81.4 Å². The molecule has 1 aromatic rings. The summed E-state index contributed by atoms with van der Waals surface area (Å²) in [5, 5.41) is 7.92. The molecule has 96 valence electrons. The van der Waals surface area contributed by atoms with Crippen LogP contribution in [0.25, 0.3) is 0 Å². The van der Waals surface area contributed by atoms with Crippen LogP contribution in [-0.2, 0) is 27.9 Å². The van der Waals surface area contributed by atoms with Crippen molar-refractivity contribution >= 4 is 10.0 Å². The first-order valence-electron chi connectivity index (χ1n) is 5.29. The smallest absolute Gasteiger partial charge is 0.210 e. The van der Waals surface area contributed by atoms with Crippen molar-refractivity contribution in [1.29, 1.82) is 0 Å². The Bertz CT molecular complexity index is 446. The number of primary sulfonamides is 1. The van der Waals surface area contributed by atoms with Gasteiger partial charge in [0.1, 0.15) is 0 Å². The average molecular weight is 258 g/mol. The van der Waals surface area contributed by atoms with Crippen molar-refractivity contribution in [2.24, 2.45) is 5.14 Å². The van der Waals surface area contributed by atoms with Crippen LogP contribution in [-0.4, -0.2) is 27.8 Å². The molecule has 1 aromatic carbocycles. The van der Waals surface area contributed by atoms with Crippen LogP contribution in [0.4, 0.5) is 0 Å². The third kappa shape index (κ3) is 6.38. The van der Waals surface area contributed by atoms with E-state index < -0.39 is 10.0 Å². The molecule has 0 radical (unpaired) electrons. The maximum atomic E-state index is 10.7. The fourth-order valence-electron chi connectivity index (χ4n) is 1.44. The van der Waals surface area contributed by atoms with Gasteiger partial charge in [-0.05, 0) is 11.1 Å². The molecule has 0 fully saturated rings. The third-order valence-corrected chi connectivity index (χ3v) is 2.97. The Kier molecular flexibility index (Phi) is 5.57. The second-order valence-corrected chi connectivity index (χ2v) is 5.53. The largest absolute Gasteiger partial charge is 0.380 e. The van der Waals surface area contributed by atoms with Gasteiger partial charge in [0, 0.05) is 20.2 Å². The van der Waals surface area contributed by atoms with E-state index in [4.69, 9.17) is 9.88 Å². The van der Waals surface area contributed by atoms with E-state index in [1.165, 1.54) is 0 Å². The van der Waals surface area contributed by atoms with Crippen LogP contribution in [0.1, 0.15) is 11.1 Å². The molecular formula is C11H18N2O3S. The van der Waals surface area contributed by atoms with Gasteiger partial charge in [-0.2, -0.15) is 0 Å². The van der Waals surface area contributed by atoms with E-state index in [-0.39, 0.29) is 5.75 Å². The second-order valence-electron chi connectivity index (χ2n) is 3.80. The molecule has 5 nitrogen and oxygen atoms in total. The lowest BCUT2D eigenvalue weighted by atomic mass is 10.1. The van der Waals surface area contributed by atoms with Gasteiger partial charge in [-0.3, -0.25) is 0 Å². The summed E-state index contributed by atoms with van der Waals surface area (Å²) in [6.07, 6.45) is 0. The van der Waals surface area contributed by atoms with Crippen LogP contribution in [0.15, 0.2) is 24.3 Å². The number of rotatable bonds is 7. The molecule has 0 aliphatic carbocycles. The van der Waals surface area contributed by atoms with Gasteiger partial charge < -0.3 is 10.1 Å². The lowest BCUT2D eigenvalue weighted by molar-refractivity contribution is 0.185. The van der Waals surface area contributed by atoms with E-state index in [9.17, 15) is 8.42 Å². The predicted octanol–water partition coefficient (Wildman–Crippen LogP) is 0.211. The molecule has 3 N–H and O–H groups in total. The van der Waals surface area contributed by atoms with Gasteiger partial charge in [-0.15, -0.1) is 0 Å². The lowest BCUT2D eigenvalue weighted by Gasteiger charge is -2.06. The summed E-state index contributed by atoms with van der Waals surface area (Å²) in [4.78, 5) is 0. The molecule has 0 aliphatic heterocycles. The van der Waals surface area contributed by atoms with Crippen molar-refractivity contribution < 1.29 is 13.2 Å². The Morgan fingerprint density at radius 1 is 1.35 bits per heavy atom. The molecule has 0 aromatic heterocycles. The minimum Gasteiger partial charge on any atom is -0.380 e. The zero-order valence-electron chi connectivity index (χ0n) is 9.85. The molecule has 1 rings (SSSR count). The summed E-state index contributed by atoms with van der Waals surface area (Å²) >= 11 is 0. The molecule has 0 amide bonds. The van der Waals surface area contributed by atoms with E-state index in [0.717, 1.165) is 11.1 Å². The monoisotopic (exact) mass is 258 g/mol. The highest BCUT2D eigenvalue weighted by molar-refractivity contribution is 7.89. The van der Waals surface area contributed by atoms with Gasteiger partial charge in [0.15, 0.2) is 0 Å². The molecule has 17 heavy (non-hydrogen) atoms. The molecule has 0 bridgehead atoms. The van der Waals surface area contributed by atoms with Gasteiger partial charge in [0.2, 0.25) is 10.0 Å². The van der Waals surface area contributed by atoms with Crippen molar-refractivity contribution in [2.45, 2.75) is 13.2 Å². The zero-order valence-corrected chi connectivity index (χ0v) is 10.7. The Labute approximate surface area is 102 Å². The summed E-state index contributed by atoms with van der Waals surface area (Å²) < 4.78 is 26.4. The first kappa shape index (κ1) is 14.1. The quantitative estimate of drug-likeness (QED) is 0.685. The molecule has 0 unspecified atom stereocenters. The van der Waals surface area contributed by atoms with Crippen molar-refractivity contribution in [3.05, 3.63) is 35.4 Å². The first-order valence-corrected chi connectivity index (χ1v) is 7.01. The Balaban J connectivity index is 2.38. The highest BCUT2D eigenvalue weighted by atomic mass is 32.2. The normalized spacial score (nSPS) is 11.6. The highest BCUT2D eigenvalue weighted by Gasteiger charge is 2.01. The molecule has 0 heterocycles. The zero-order chi connectivity index (χ0) is 12.7. The van der Waals surface area contributed by atoms with Crippen LogP contribution in [0.2, 0.25) is 0 Å². The Hall–Kier alpha value is -0.950. The van der Waals surface area contributed by atoms with E-state index in [1.807, 2.05) is 24.3 Å². The van der Waals surface area contributed by atoms with Crippen molar-refractivity contribution in [3.63, 3.8) is 0 Å². The summed E-state index contributed by atoms with van der Waals surface area (Å²) in [5.41, 5.74) is 2.19. The van der Waals surface area contributed by atoms with Crippen LogP contribution in [0.5, 0.6) is 0 Å². The van der Waals surface area contributed by atoms with E-state index in [1.54, 1.807) is 7.11 Å². The van der Waals surface area contributed by atoms with E-state index >= 15 is 0 Å². The van der Waals surface area contributed by atoms with Crippen molar-refractivity contribution in [2.75, 3.05) is 19.4 Å². The standard InChI is InChI=1S/C11H18N2O3S/c1-16-9-11-4-2-3-10(7-11)8-13-5-6-17(12,14)15/h2-4,7,13H,5-6,8-9H2,1H3,(H2,12,14,15). The van der Waals surface area contributed by atoms with Crippen LogP contribution >= 0.6 is 0 Å². The molecule has 0 atom stereocenters. The van der Waals surface area contributed by atoms with E-state index in [2.05, 4.69) is 5.32 Å². The maximum Gasteiger partial charge on any atom is 0.210 e. The predicted molar refractivity (Wildman–Crippen MR) is 66.8 cm³/mol. The second kappa shape index (κ2) is 6.70. The average Bonchev–Trinajstić information content (AvgIpc) is 2.24. The number of ether oxygens (including phenoxy) is 1. The number of hydrogen-bond acceptors (Lipinski definition) is 4. The number of nitrogens with two attached hydrogens (primary N) is 1. The maximum absolute atomic E-state index is 10.7. The highest BCUT2D eigenvalue weighted by Crippen LogP contribution is 2.05. The number of methoxy groups -OCH3 is 1. The van der Waals surface area contributed by atoms with Crippen LogP contribution in [0.3, 0.4) is 0 Å². The Morgan fingerprint density at radius 3 is 2.71 bits per heavy atom. The van der Waals surface area contributed by atoms with E-state index in [0.29, 0.717) is 19.7 Å². The summed E-state index contributed by atoms with van der Waals surface area (Å²) in [6.45, 7) is 1.55. The number of hydrogen-bond donors (Lipinski definition) is 2. The SMILES string of the molecule is COCc1cccc(CNCCS(N)(=O)=O)c1. The van der Waals surface area contributed by atoms with Gasteiger partial charge >= 0.3 is 0 Å². The Morgan fingerprint density at radius 2 is 2.06 bits per heavy atom. The summed E-state index contributed by atoms with van der Waals surface area (Å²) in [5.74, 6) is -0.0508. The van der Waals surface area contributed by atoms with Gasteiger partial charge in [0.25, 0.3) is 0 Å². The molecule has 0 saturated heterocycles. The first-order chi connectivity index (χ1) is 8.01. The minimum atomic E-state index is -3.38. The molecule has 0 saturated carbocycles. The van der Waals surface area contributed by atoms with Crippen molar-refractivity contribution in [3.8, 4) is 0 Å². The van der Waals surface area contributed by atoms with Gasteiger partial charge in [0.05, 0.1) is 12.4 Å². The van der Waals surface area contributed by atoms with Crippen LogP contribution in [0, 0.1) is 0 Å². The third-order valence-electron chi connectivity index (χ3n) is 2.19. The van der Waals surface area contributed by atoms with Gasteiger partial charge in [-0.1, -0.05) is 24.3 Å². The lowest BCUT2D eigenvalue weighted by Crippen LogP contribution is -2.26. The summed E-state index contributed by atoms with van der Waals surface area (Å²) in [6, 6.07) is 7.93. The van der Waals surface area contributed by atoms with Gasteiger partial charge in [-0.25, -0.2) is 13.6 Å². The number of sulfonamides is 1. The molecule has 0 aliphatic rings. The molecule has 0 spiro atoms. The fourth-order valence-corrected chi connectivity index (χ4v) is 1.87. The molecule has 6 heteroatoms. The number of benzene rings is 1. The molecular weight excluding hydrogens is 240 g/mol. The van der Waals surface area contributed by atoms with Crippen molar-refractivity contribution in [1.82, 2.24) is 5.32 Å². The fraction of sp³-hybridized carbons (Fsp3) is 0.455. The minimum absolute atomic E-state index is 0.0508.